The summed E-state index contributed by atoms with van der Waals surface area (Å²) in [5, 5.41) is 0. The number of piperazine rings is 1. The first kappa shape index (κ1) is 19.7. The third-order valence-electron chi connectivity index (χ3n) is 4.92. The summed E-state index contributed by atoms with van der Waals surface area (Å²) in [6, 6.07) is 7.15. The highest BCUT2D eigenvalue weighted by atomic mass is 32.2. The first-order chi connectivity index (χ1) is 11.7. The molecule has 0 spiro atoms. The van der Waals surface area contributed by atoms with Crippen LogP contribution in [0.3, 0.4) is 0 Å². The summed E-state index contributed by atoms with van der Waals surface area (Å²) >= 11 is 0. The SMILES string of the molecule is CCOC(=O)N1CCN(S(=O)(=O)c2ccc(C(C)(C)CC)cc2)CC1. The van der Waals surface area contributed by atoms with Crippen LogP contribution in [-0.2, 0) is 20.2 Å². The largest absolute Gasteiger partial charge is 0.450 e. The Bertz CT molecular complexity index is 690. The number of carbonyl (C=O) groups excluding carboxylic acids is 1. The van der Waals surface area contributed by atoms with Gasteiger partial charge in [-0.1, -0.05) is 32.9 Å². The highest BCUT2D eigenvalue weighted by Crippen LogP contribution is 2.28. The summed E-state index contributed by atoms with van der Waals surface area (Å²) in [4.78, 5) is 13.6. The van der Waals surface area contributed by atoms with Gasteiger partial charge in [-0.3, -0.25) is 0 Å². The van der Waals surface area contributed by atoms with E-state index in [9.17, 15) is 13.2 Å². The fourth-order valence-corrected chi connectivity index (χ4v) is 4.18. The fraction of sp³-hybridized carbons (Fsp3) is 0.611. The van der Waals surface area contributed by atoms with E-state index < -0.39 is 10.0 Å². The van der Waals surface area contributed by atoms with Crippen LogP contribution in [0.1, 0.15) is 39.7 Å². The van der Waals surface area contributed by atoms with E-state index in [1.807, 2.05) is 12.1 Å². The molecule has 1 aromatic carbocycles. The van der Waals surface area contributed by atoms with E-state index in [1.165, 1.54) is 4.31 Å². The zero-order valence-electron chi connectivity index (χ0n) is 15.5. The van der Waals surface area contributed by atoms with Crippen LogP contribution in [0.4, 0.5) is 4.79 Å². The van der Waals surface area contributed by atoms with Crippen molar-refractivity contribution in [1.29, 1.82) is 0 Å². The number of carbonyl (C=O) groups is 1. The first-order valence-electron chi connectivity index (χ1n) is 8.74. The van der Waals surface area contributed by atoms with E-state index in [1.54, 1.807) is 24.0 Å². The molecule has 6 nitrogen and oxygen atoms in total. The number of ether oxygens (including phenoxy) is 1. The predicted octanol–water partition coefficient (Wildman–Crippen LogP) is 2.84. The average Bonchev–Trinajstić information content (AvgIpc) is 2.62. The van der Waals surface area contributed by atoms with Crippen molar-refractivity contribution in [2.24, 2.45) is 0 Å². The lowest BCUT2D eigenvalue weighted by Gasteiger charge is -2.33. The second kappa shape index (κ2) is 7.74. The van der Waals surface area contributed by atoms with Gasteiger partial charge in [0.25, 0.3) is 0 Å². The third kappa shape index (κ3) is 4.33. The van der Waals surface area contributed by atoms with E-state index in [-0.39, 0.29) is 24.6 Å². The Balaban J connectivity index is 2.08. The normalized spacial score (nSPS) is 16.7. The standard InChI is InChI=1S/C18H28N2O4S/c1-5-18(3,4)15-7-9-16(10-8-15)25(22,23)20-13-11-19(12-14-20)17(21)24-6-2/h7-10H,5-6,11-14H2,1-4H3. The Labute approximate surface area is 150 Å². The van der Waals surface area contributed by atoms with E-state index >= 15 is 0 Å². The van der Waals surface area contributed by atoms with Crippen LogP contribution in [0.25, 0.3) is 0 Å². The van der Waals surface area contributed by atoms with Crippen LogP contribution >= 0.6 is 0 Å². The van der Waals surface area contributed by atoms with Crippen molar-refractivity contribution in [2.45, 2.75) is 44.4 Å². The number of benzene rings is 1. The van der Waals surface area contributed by atoms with Gasteiger partial charge in [-0.2, -0.15) is 4.31 Å². The number of rotatable bonds is 5. The Morgan fingerprint density at radius 2 is 1.64 bits per heavy atom. The monoisotopic (exact) mass is 368 g/mol. The molecule has 1 amide bonds. The molecule has 7 heteroatoms. The zero-order valence-corrected chi connectivity index (χ0v) is 16.3. The lowest BCUT2D eigenvalue weighted by Crippen LogP contribution is -2.50. The number of hydrogen-bond acceptors (Lipinski definition) is 4. The maximum atomic E-state index is 12.8. The molecule has 2 rings (SSSR count). The molecule has 0 saturated carbocycles. The molecule has 140 valence electrons. The van der Waals surface area contributed by atoms with Crippen LogP contribution in [0.2, 0.25) is 0 Å². The van der Waals surface area contributed by atoms with Crippen LogP contribution in [0.5, 0.6) is 0 Å². The molecule has 1 fully saturated rings. The van der Waals surface area contributed by atoms with Crippen molar-refractivity contribution in [3.05, 3.63) is 29.8 Å². The molecule has 0 N–H and O–H groups in total. The van der Waals surface area contributed by atoms with Gasteiger partial charge in [0.15, 0.2) is 0 Å². The van der Waals surface area contributed by atoms with E-state index in [4.69, 9.17) is 4.74 Å². The van der Waals surface area contributed by atoms with Crippen LogP contribution < -0.4 is 0 Å². The minimum absolute atomic E-state index is 0.0214. The Morgan fingerprint density at radius 3 is 2.12 bits per heavy atom. The molecule has 1 aliphatic heterocycles. The highest BCUT2D eigenvalue weighted by molar-refractivity contribution is 7.89. The van der Waals surface area contributed by atoms with Gasteiger partial charge in [0.1, 0.15) is 0 Å². The molecule has 25 heavy (non-hydrogen) atoms. The second-order valence-corrected chi connectivity index (χ2v) is 8.79. The van der Waals surface area contributed by atoms with Gasteiger partial charge in [-0.25, -0.2) is 13.2 Å². The van der Waals surface area contributed by atoms with Crippen molar-refractivity contribution in [2.75, 3.05) is 32.8 Å². The van der Waals surface area contributed by atoms with Gasteiger partial charge in [-0.15, -0.1) is 0 Å². The van der Waals surface area contributed by atoms with Gasteiger partial charge in [0, 0.05) is 26.2 Å². The Kier molecular flexibility index (Phi) is 6.11. The quantitative estimate of drug-likeness (QED) is 0.801. The maximum Gasteiger partial charge on any atom is 0.409 e. The van der Waals surface area contributed by atoms with Crippen LogP contribution in [-0.4, -0.2) is 56.5 Å². The fourth-order valence-electron chi connectivity index (χ4n) is 2.76. The summed E-state index contributed by atoms with van der Waals surface area (Å²) < 4.78 is 32.0. The van der Waals surface area contributed by atoms with Crippen molar-refractivity contribution in [1.82, 2.24) is 9.21 Å². The molecule has 1 heterocycles. The summed E-state index contributed by atoms with van der Waals surface area (Å²) in [7, 11) is -3.54. The smallest absolute Gasteiger partial charge is 0.409 e. The van der Waals surface area contributed by atoms with Gasteiger partial charge >= 0.3 is 6.09 Å². The minimum Gasteiger partial charge on any atom is -0.450 e. The average molecular weight is 368 g/mol. The second-order valence-electron chi connectivity index (χ2n) is 6.85. The molecular formula is C18H28N2O4S. The summed E-state index contributed by atoms with van der Waals surface area (Å²) in [5.74, 6) is 0. The van der Waals surface area contributed by atoms with Crippen molar-refractivity contribution in [3.63, 3.8) is 0 Å². The first-order valence-corrected chi connectivity index (χ1v) is 10.2. The highest BCUT2D eigenvalue weighted by Gasteiger charge is 2.30. The number of amides is 1. The van der Waals surface area contributed by atoms with Crippen LogP contribution in [0, 0.1) is 0 Å². The lowest BCUT2D eigenvalue weighted by molar-refractivity contribution is 0.0934. The van der Waals surface area contributed by atoms with Gasteiger partial charge in [0.05, 0.1) is 11.5 Å². The number of nitrogens with zero attached hydrogens (tertiary/aromatic N) is 2. The topological polar surface area (TPSA) is 66.9 Å². The molecule has 0 unspecified atom stereocenters. The molecule has 1 saturated heterocycles. The lowest BCUT2D eigenvalue weighted by atomic mass is 9.82. The third-order valence-corrected chi connectivity index (χ3v) is 6.83. The molecule has 1 aliphatic rings. The molecule has 1 aromatic rings. The molecule has 0 bridgehead atoms. The molecule has 0 aromatic heterocycles. The number of sulfonamides is 1. The number of hydrogen-bond donors (Lipinski definition) is 0. The van der Waals surface area contributed by atoms with E-state index in [2.05, 4.69) is 20.8 Å². The van der Waals surface area contributed by atoms with Crippen molar-refractivity contribution < 1.29 is 17.9 Å². The van der Waals surface area contributed by atoms with Crippen molar-refractivity contribution in [3.8, 4) is 0 Å². The Morgan fingerprint density at radius 1 is 1.08 bits per heavy atom. The van der Waals surface area contributed by atoms with Gasteiger partial charge < -0.3 is 9.64 Å². The summed E-state index contributed by atoms with van der Waals surface area (Å²) in [6.07, 6.45) is 0.597. The van der Waals surface area contributed by atoms with E-state index in [0.717, 1.165) is 12.0 Å². The summed E-state index contributed by atoms with van der Waals surface area (Å²) in [5.41, 5.74) is 1.15. The molecular weight excluding hydrogens is 340 g/mol. The zero-order chi connectivity index (χ0) is 18.7. The van der Waals surface area contributed by atoms with Crippen molar-refractivity contribution >= 4 is 16.1 Å². The van der Waals surface area contributed by atoms with Crippen LogP contribution in [0.15, 0.2) is 29.2 Å². The molecule has 0 radical (unpaired) electrons. The predicted molar refractivity (Wildman–Crippen MR) is 97.1 cm³/mol. The van der Waals surface area contributed by atoms with Gasteiger partial charge in [-0.05, 0) is 36.5 Å². The minimum atomic E-state index is -3.54. The summed E-state index contributed by atoms with van der Waals surface area (Å²) in [6.45, 7) is 9.73. The maximum absolute atomic E-state index is 12.8. The van der Waals surface area contributed by atoms with E-state index in [0.29, 0.717) is 24.6 Å². The molecule has 0 aliphatic carbocycles. The Hall–Kier alpha value is -1.60. The molecule has 0 atom stereocenters. The van der Waals surface area contributed by atoms with Gasteiger partial charge in [0.2, 0.25) is 10.0 Å².